The van der Waals surface area contributed by atoms with Crippen molar-refractivity contribution in [2.24, 2.45) is 5.92 Å². The molecular weight excluding hydrogens is 351 g/mol. The molecular formula is C18H18F3NO2S. The van der Waals surface area contributed by atoms with Gasteiger partial charge in [-0.15, -0.1) is 0 Å². The zero-order chi connectivity index (χ0) is 18.0. The molecule has 1 fully saturated rings. The van der Waals surface area contributed by atoms with E-state index < -0.39 is 27.3 Å². The standard InChI is InChI=1S/C18H18F3NO2S/c19-15-3-5-17(6-4-15)25(23,24)12-13-10-22(11-13)8-7-14-1-2-16(20)9-18(14)21/h1-6,9,13H,7-8,10-12H2. The first-order valence-electron chi connectivity index (χ1n) is 7.98. The van der Waals surface area contributed by atoms with Crippen LogP contribution < -0.4 is 0 Å². The minimum Gasteiger partial charge on any atom is -0.302 e. The molecule has 7 heteroatoms. The van der Waals surface area contributed by atoms with E-state index in [1.807, 2.05) is 4.90 Å². The Morgan fingerprint density at radius 1 is 0.960 bits per heavy atom. The van der Waals surface area contributed by atoms with E-state index >= 15 is 0 Å². The first-order valence-corrected chi connectivity index (χ1v) is 9.63. The fourth-order valence-electron chi connectivity index (χ4n) is 3.02. The van der Waals surface area contributed by atoms with Gasteiger partial charge in [-0.2, -0.15) is 0 Å². The molecule has 134 valence electrons. The molecule has 3 nitrogen and oxygen atoms in total. The second-order valence-corrected chi connectivity index (χ2v) is 8.38. The molecule has 1 aliphatic rings. The van der Waals surface area contributed by atoms with E-state index in [4.69, 9.17) is 0 Å². The van der Waals surface area contributed by atoms with E-state index in [1.54, 1.807) is 0 Å². The Hall–Kier alpha value is -1.86. The minimum atomic E-state index is -3.43. The first-order chi connectivity index (χ1) is 11.8. The van der Waals surface area contributed by atoms with Crippen molar-refractivity contribution in [2.45, 2.75) is 11.3 Å². The summed E-state index contributed by atoms with van der Waals surface area (Å²) in [5.41, 5.74) is 0.448. The lowest BCUT2D eigenvalue weighted by atomic mass is 10.0. The summed E-state index contributed by atoms with van der Waals surface area (Å²) in [4.78, 5) is 2.16. The van der Waals surface area contributed by atoms with Crippen LogP contribution >= 0.6 is 0 Å². The molecule has 3 rings (SSSR count). The fourth-order valence-corrected chi connectivity index (χ4v) is 4.59. The predicted octanol–water partition coefficient (Wildman–Crippen LogP) is 3.05. The van der Waals surface area contributed by atoms with Crippen molar-refractivity contribution in [1.29, 1.82) is 0 Å². The molecule has 2 aromatic carbocycles. The Labute approximate surface area is 145 Å². The molecule has 0 spiro atoms. The van der Waals surface area contributed by atoms with E-state index in [0.29, 0.717) is 31.6 Å². The molecule has 0 aliphatic carbocycles. The summed E-state index contributed by atoms with van der Waals surface area (Å²) < 4.78 is 63.9. The molecule has 2 aromatic rings. The molecule has 0 N–H and O–H groups in total. The quantitative estimate of drug-likeness (QED) is 0.735. The van der Waals surface area contributed by atoms with Crippen molar-refractivity contribution in [3.05, 3.63) is 65.5 Å². The van der Waals surface area contributed by atoms with E-state index in [-0.39, 0.29) is 16.6 Å². The average Bonchev–Trinajstić information content (AvgIpc) is 2.51. The Bertz CT molecular complexity index is 847. The fraction of sp³-hybridized carbons (Fsp3) is 0.333. The summed E-state index contributed by atoms with van der Waals surface area (Å²) in [6, 6.07) is 8.35. The van der Waals surface area contributed by atoms with Gasteiger partial charge in [-0.1, -0.05) is 6.07 Å². The third-order valence-electron chi connectivity index (χ3n) is 4.37. The highest BCUT2D eigenvalue weighted by molar-refractivity contribution is 7.91. The molecule has 0 atom stereocenters. The van der Waals surface area contributed by atoms with Gasteiger partial charge in [-0.3, -0.25) is 0 Å². The summed E-state index contributed by atoms with van der Waals surface area (Å²) in [5.74, 6) is -1.61. The lowest BCUT2D eigenvalue weighted by Gasteiger charge is -2.39. The van der Waals surface area contributed by atoms with Gasteiger partial charge in [0.1, 0.15) is 17.5 Å². The predicted molar refractivity (Wildman–Crippen MR) is 88.4 cm³/mol. The molecule has 1 saturated heterocycles. The minimum absolute atomic E-state index is 0.00752. The van der Waals surface area contributed by atoms with Gasteiger partial charge < -0.3 is 4.90 Å². The largest absolute Gasteiger partial charge is 0.302 e. The van der Waals surface area contributed by atoms with Gasteiger partial charge in [0.2, 0.25) is 0 Å². The van der Waals surface area contributed by atoms with Crippen LogP contribution in [0, 0.1) is 23.4 Å². The summed E-state index contributed by atoms with van der Waals surface area (Å²) in [7, 11) is -3.43. The van der Waals surface area contributed by atoms with Gasteiger partial charge in [0.15, 0.2) is 9.84 Å². The van der Waals surface area contributed by atoms with Gasteiger partial charge in [-0.25, -0.2) is 21.6 Å². The van der Waals surface area contributed by atoms with Crippen LogP contribution in [0.15, 0.2) is 47.4 Å². The van der Waals surface area contributed by atoms with Crippen molar-refractivity contribution in [3.63, 3.8) is 0 Å². The third-order valence-corrected chi connectivity index (χ3v) is 6.27. The molecule has 0 amide bonds. The lowest BCUT2D eigenvalue weighted by molar-refractivity contribution is 0.116. The molecule has 0 radical (unpaired) electrons. The van der Waals surface area contributed by atoms with Crippen LogP contribution in [-0.2, 0) is 16.3 Å². The number of likely N-dealkylation sites (tertiary alicyclic amines) is 1. The van der Waals surface area contributed by atoms with Crippen LogP contribution in [0.3, 0.4) is 0 Å². The van der Waals surface area contributed by atoms with Crippen LogP contribution in [0.1, 0.15) is 5.56 Å². The topological polar surface area (TPSA) is 37.4 Å². The maximum Gasteiger partial charge on any atom is 0.178 e. The molecule has 25 heavy (non-hydrogen) atoms. The highest BCUT2D eigenvalue weighted by Crippen LogP contribution is 2.22. The average molecular weight is 369 g/mol. The van der Waals surface area contributed by atoms with Gasteiger partial charge in [0.25, 0.3) is 0 Å². The number of rotatable bonds is 6. The smallest absolute Gasteiger partial charge is 0.178 e. The van der Waals surface area contributed by atoms with Gasteiger partial charge in [0.05, 0.1) is 10.6 Å². The lowest BCUT2D eigenvalue weighted by Crippen LogP contribution is -2.50. The maximum absolute atomic E-state index is 13.6. The maximum atomic E-state index is 13.6. The molecule has 0 bridgehead atoms. The number of halogens is 3. The Kier molecular flexibility index (Phi) is 5.15. The Morgan fingerprint density at radius 2 is 1.60 bits per heavy atom. The van der Waals surface area contributed by atoms with Crippen LogP contribution in [0.5, 0.6) is 0 Å². The second-order valence-electron chi connectivity index (χ2n) is 6.35. The number of hydrogen-bond donors (Lipinski definition) is 0. The number of hydrogen-bond acceptors (Lipinski definition) is 3. The molecule has 1 heterocycles. The summed E-state index contributed by atoms with van der Waals surface area (Å²) in [6.07, 6.45) is 0.448. The monoisotopic (exact) mass is 369 g/mol. The van der Waals surface area contributed by atoms with Crippen molar-refractivity contribution in [3.8, 4) is 0 Å². The van der Waals surface area contributed by atoms with Crippen molar-refractivity contribution in [1.82, 2.24) is 4.90 Å². The number of benzene rings is 2. The van der Waals surface area contributed by atoms with Crippen molar-refractivity contribution < 1.29 is 21.6 Å². The van der Waals surface area contributed by atoms with Gasteiger partial charge in [0, 0.05) is 25.7 Å². The zero-order valence-electron chi connectivity index (χ0n) is 13.5. The normalized spacial score (nSPS) is 16.0. The summed E-state index contributed by atoms with van der Waals surface area (Å²) >= 11 is 0. The zero-order valence-corrected chi connectivity index (χ0v) is 14.3. The summed E-state index contributed by atoms with van der Waals surface area (Å²) in [6.45, 7) is 1.82. The van der Waals surface area contributed by atoms with Crippen molar-refractivity contribution in [2.75, 3.05) is 25.4 Å². The number of sulfone groups is 1. The number of nitrogens with zero attached hydrogens (tertiary/aromatic N) is 1. The molecule has 0 saturated carbocycles. The Morgan fingerprint density at radius 3 is 2.24 bits per heavy atom. The Balaban J connectivity index is 1.48. The van der Waals surface area contributed by atoms with Gasteiger partial charge in [-0.05, 0) is 48.2 Å². The van der Waals surface area contributed by atoms with E-state index in [1.165, 1.54) is 24.3 Å². The van der Waals surface area contributed by atoms with Gasteiger partial charge >= 0.3 is 0 Å². The third kappa shape index (κ3) is 4.41. The van der Waals surface area contributed by atoms with E-state index in [2.05, 4.69) is 0 Å². The molecule has 0 unspecified atom stereocenters. The van der Waals surface area contributed by atoms with E-state index in [9.17, 15) is 21.6 Å². The van der Waals surface area contributed by atoms with Crippen molar-refractivity contribution >= 4 is 9.84 Å². The van der Waals surface area contributed by atoms with Crippen LogP contribution in [0.25, 0.3) is 0 Å². The second kappa shape index (κ2) is 7.17. The van der Waals surface area contributed by atoms with E-state index in [0.717, 1.165) is 18.2 Å². The SMILES string of the molecule is O=S(=O)(CC1CN(CCc2ccc(F)cc2F)C1)c1ccc(F)cc1. The molecule has 0 aromatic heterocycles. The first kappa shape index (κ1) is 17.9. The molecule has 1 aliphatic heterocycles. The van der Waals surface area contributed by atoms with Crippen LogP contribution in [0.2, 0.25) is 0 Å². The highest BCUT2D eigenvalue weighted by Gasteiger charge is 2.31. The van der Waals surface area contributed by atoms with Crippen LogP contribution in [-0.4, -0.2) is 38.7 Å². The van der Waals surface area contributed by atoms with Crippen LogP contribution in [0.4, 0.5) is 13.2 Å². The highest BCUT2D eigenvalue weighted by atomic mass is 32.2. The summed E-state index contributed by atoms with van der Waals surface area (Å²) in [5, 5.41) is 0.